The molecule has 0 fully saturated rings. The first-order valence-electron chi connectivity index (χ1n) is 5.92. The van der Waals surface area contributed by atoms with Crippen molar-refractivity contribution in [1.29, 1.82) is 0 Å². The van der Waals surface area contributed by atoms with Crippen LogP contribution in [0.25, 0.3) is 16.9 Å². The Labute approximate surface area is 123 Å². The minimum atomic E-state index is 0.347. The number of halogens is 1. The zero-order valence-corrected chi connectivity index (χ0v) is 12.5. The third kappa shape index (κ3) is 1.82. The molecule has 2 N–H and O–H groups in total. The molecule has 2 heterocycles. The van der Waals surface area contributed by atoms with Gasteiger partial charge in [0.2, 0.25) is 11.8 Å². The maximum atomic E-state index is 6.04. The highest BCUT2D eigenvalue weighted by Crippen LogP contribution is 2.30. The highest BCUT2D eigenvalue weighted by molar-refractivity contribution is 9.10. The molecule has 0 saturated heterocycles. The molecule has 6 nitrogen and oxygen atoms in total. The van der Waals surface area contributed by atoms with Crippen LogP contribution in [0.1, 0.15) is 5.56 Å². The van der Waals surface area contributed by atoms with Gasteiger partial charge in [-0.05, 0) is 24.6 Å². The van der Waals surface area contributed by atoms with E-state index in [9.17, 15) is 0 Å². The van der Waals surface area contributed by atoms with Crippen molar-refractivity contribution in [1.82, 2.24) is 19.5 Å². The number of nitrogens with zero attached hydrogens (tertiary/aromatic N) is 4. The monoisotopic (exact) mass is 333 g/mol. The molecule has 0 aliphatic carbocycles. The molecule has 0 saturated carbocycles. The van der Waals surface area contributed by atoms with Crippen LogP contribution >= 0.6 is 15.9 Å². The lowest BCUT2D eigenvalue weighted by Gasteiger charge is -2.10. The first kappa shape index (κ1) is 12.9. The minimum absolute atomic E-state index is 0.347. The van der Waals surface area contributed by atoms with Gasteiger partial charge in [-0.3, -0.25) is 4.57 Å². The summed E-state index contributed by atoms with van der Waals surface area (Å²) in [7, 11) is 1.54. The first-order valence-corrected chi connectivity index (χ1v) is 6.71. The van der Waals surface area contributed by atoms with Crippen molar-refractivity contribution in [2.24, 2.45) is 0 Å². The SMILES string of the molecule is COc1ncnc2c1nc(N)n2-c1cccc(Br)c1C. The number of hydrogen-bond donors (Lipinski definition) is 1. The van der Waals surface area contributed by atoms with Crippen LogP contribution in [0, 0.1) is 6.92 Å². The number of anilines is 1. The standard InChI is InChI=1S/C13H12BrN5O/c1-7-8(14)4-3-5-9(7)19-11-10(18-13(19)15)12(20-2)17-6-16-11/h3-6H,1-2H3,(H2,15,18). The van der Waals surface area contributed by atoms with Crippen molar-refractivity contribution in [3.63, 3.8) is 0 Å². The second kappa shape index (κ2) is 4.75. The van der Waals surface area contributed by atoms with Gasteiger partial charge in [-0.15, -0.1) is 0 Å². The summed E-state index contributed by atoms with van der Waals surface area (Å²) in [6.45, 7) is 2.00. The first-order chi connectivity index (χ1) is 9.63. The lowest BCUT2D eigenvalue weighted by molar-refractivity contribution is 0.401. The Balaban J connectivity index is 2.37. The number of fused-ring (bicyclic) bond motifs is 1. The summed E-state index contributed by atoms with van der Waals surface area (Å²) in [5.41, 5.74) is 9.18. The van der Waals surface area contributed by atoms with Gasteiger partial charge >= 0.3 is 0 Å². The van der Waals surface area contributed by atoms with E-state index in [-0.39, 0.29) is 0 Å². The molecule has 0 aliphatic rings. The van der Waals surface area contributed by atoms with Gasteiger partial charge in [-0.1, -0.05) is 22.0 Å². The zero-order valence-electron chi connectivity index (χ0n) is 11.0. The second-order valence-corrected chi connectivity index (χ2v) is 5.10. The third-order valence-electron chi connectivity index (χ3n) is 3.11. The summed E-state index contributed by atoms with van der Waals surface area (Å²) in [6.07, 6.45) is 1.44. The van der Waals surface area contributed by atoms with Crippen LogP contribution in [0.5, 0.6) is 5.88 Å². The van der Waals surface area contributed by atoms with Crippen molar-refractivity contribution in [3.05, 3.63) is 34.6 Å². The Morgan fingerprint density at radius 2 is 2.10 bits per heavy atom. The number of nitrogens with two attached hydrogens (primary N) is 1. The molecular weight excluding hydrogens is 322 g/mol. The maximum Gasteiger partial charge on any atom is 0.245 e. The molecule has 1 aromatic carbocycles. The molecule has 0 aliphatic heterocycles. The fraction of sp³-hybridized carbons (Fsp3) is 0.154. The van der Waals surface area contributed by atoms with Gasteiger partial charge in [0.15, 0.2) is 11.2 Å². The Kier molecular flexibility index (Phi) is 3.06. The molecule has 0 radical (unpaired) electrons. The van der Waals surface area contributed by atoms with Crippen LogP contribution < -0.4 is 10.5 Å². The number of rotatable bonds is 2. The van der Waals surface area contributed by atoms with Gasteiger partial charge in [0.05, 0.1) is 12.8 Å². The fourth-order valence-corrected chi connectivity index (χ4v) is 2.47. The van der Waals surface area contributed by atoms with Crippen molar-refractivity contribution in [3.8, 4) is 11.6 Å². The normalized spacial score (nSPS) is 10.9. The lowest BCUT2D eigenvalue weighted by Crippen LogP contribution is -2.03. The number of aromatic nitrogens is 4. The molecular formula is C13H12BrN5O. The minimum Gasteiger partial charge on any atom is -0.479 e. The van der Waals surface area contributed by atoms with Crippen LogP contribution in [0.3, 0.4) is 0 Å². The molecule has 2 aromatic heterocycles. The number of ether oxygens (including phenoxy) is 1. The van der Waals surface area contributed by atoms with Gasteiger partial charge in [-0.2, -0.15) is 4.98 Å². The number of hydrogen-bond acceptors (Lipinski definition) is 5. The van der Waals surface area contributed by atoms with E-state index in [1.807, 2.05) is 25.1 Å². The van der Waals surface area contributed by atoms with Crippen molar-refractivity contribution >= 4 is 33.0 Å². The number of methoxy groups -OCH3 is 1. The predicted octanol–water partition coefficient (Wildman–Crippen LogP) is 2.48. The zero-order chi connectivity index (χ0) is 14.3. The highest BCUT2D eigenvalue weighted by Gasteiger charge is 2.17. The molecule has 0 unspecified atom stereocenters. The van der Waals surface area contributed by atoms with Crippen LogP contribution in [-0.4, -0.2) is 26.6 Å². The van der Waals surface area contributed by atoms with E-state index in [0.29, 0.717) is 23.0 Å². The van der Waals surface area contributed by atoms with Crippen molar-refractivity contribution in [2.45, 2.75) is 6.92 Å². The quantitative estimate of drug-likeness (QED) is 0.779. The van der Waals surface area contributed by atoms with E-state index in [1.54, 1.807) is 11.7 Å². The largest absolute Gasteiger partial charge is 0.479 e. The van der Waals surface area contributed by atoms with E-state index < -0.39 is 0 Å². The molecule has 0 amide bonds. The van der Waals surface area contributed by atoms with Crippen molar-refractivity contribution < 1.29 is 4.74 Å². The molecule has 0 spiro atoms. The van der Waals surface area contributed by atoms with Gasteiger partial charge < -0.3 is 10.5 Å². The van der Waals surface area contributed by atoms with Gasteiger partial charge in [0.1, 0.15) is 6.33 Å². The van der Waals surface area contributed by atoms with Crippen LogP contribution in [0.15, 0.2) is 29.0 Å². The average Bonchev–Trinajstić information content (AvgIpc) is 2.78. The Morgan fingerprint density at radius 3 is 2.85 bits per heavy atom. The van der Waals surface area contributed by atoms with Gasteiger partial charge in [0, 0.05) is 4.47 Å². The summed E-state index contributed by atoms with van der Waals surface area (Å²) in [6, 6.07) is 5.88. The van der Waals surface area contributed by atoms with Crippen LogP contribution in [-0.2, 0) is 0 Å². The summed E-state index contributed by atoms with van der Waals surface area (Å²) < 4.78 is 7.98. The summed E-state index contributed by atoms with van der Waals surface area (Å²) in [5.74, 6) is 0.757. The average molecular weight is 334 g/mol. The highest BCUT2D eigenvalue weighted by atomic mass is 79.9. The van der Waals surface area contributed by atoms with E-state index in [4.69, 9.17) is 10.5 Å². The molecule has 7 heteroatoms. The number of imidazole rings is 1. The van der Waals surface area contributed by atoms with Crippen molar-refractivity contribution in [2.75, 3.05) is 12.8 Å². The van der Waals surface area contributed by atoms with E-state index in [2.05, 4.69) is 30.9 Å². The molecule has 0 bridgehead atoms. The molecule has 3 rings (SSSR count). The third-order valence-corrected chi connectivity index (χ3v) is 3.97. The Hall–Kier alpha value is -2.15. The van der Waals surface area contributed by atoms with Gasteiger partial charge in [-0.25, -0.2) is 9.97 Å². The topological polar surface area (TPSA) is 78.8 Å². The lowest BCUT2D eigenvalue weighted by atomic mass is 10.2. The van der Waals surface area contributed by atoms with Gasteiger partial charge in [0.25, 0.3) is 0 Å². The van der Waals surface area contributed by atoms with Crippen LogP contribution in [0.2, 0.25) is 0 Å². The summed E-state index contributed by atoms with van der Waals surface area (Å²) in [5, 5.41) is 0. The second-order valence-electron chi connectivity index (χ2n) is 4.24. The molecule has 3 aromatic rings. The Morgan fingerprint density at radius 1 is 1.30 bits per heavy atom. The summed E-state index contributed by atoms with van der Waals surface area (Å²) >= 11 is 3.52. The Bertz CT molecular complexity index is 799. The maximum absolute atomic E-state index is 6.04. The van der Waals surface area contributed by atoms with E-state index in [0.717, 1.165) is 15.7 Å². The smallest absolute Gasteiger partial charge is 0.245 e. The number of nitrogen functional groups attached to an aromatic ring is 1. The predicted molar refractivity (Wildman–Crippen MR) is 80.1 cm³/mol. The van der Waals surface area contributed by atoms with E-state index in [1.165, 1.54) is 6.33 Å². The molecule has 20 heavy (non-hydrogen) atoms. The van der Waals surface area contributed by atoms with E-state index >= 15 is 0 Å². The van der Waals surface area contributed by atoms with Crippen LogP contribution in [0.4, 0.5) is 5.95 Å². The summed E-state index contributed by atoms with van der Waals surface area (Å²) in [4.78, 5) is 12.6. The fourth-order valence-electron chi connectivity index (χ4n) is 2.11. The molecule has 102 valence electrons. The molecule has 0 atom stereocenters. The number of benzene rings is 1.